The average molecular weight is 302 g/mol. The summed E-state index contributed by atoms with van der Waals surface area (Å²) in [5, 5.41) is 20.3. The summed E-state index contributed by atoms with van der Waals surface area (Å²) in [5.74, 6) is -0.977. The standard InChI is InChI=1S/C16H18N2O4/c1-18(9-16(21)6-8-22-10-16)13-5-4-12(15(19)20)11-3-2-7-17-14(11)13/h2-5,7,21H,6,8-10H2,1H3,(H,19,20). The number of carboxylic acid groups (broad SMARTS) is 1. The van der Waals surface area contributed by atoms with Crippen molar-refractivity contribution in [1.82, 2.24) is 4.98 Å². The summed E-state index contributed by atoms with van der Waals surface area (Å²) in [6.45, 7) is 1.28. The SMILES string of the molecule is CN(CC1(O)CCOC1)c1ccc(C(=O)O)c2cccnc12. The normalized spacial score (nSPS) is 21.2. The molecule has 1 aliphatic heterocycles. The van der Waals surface area contributed by atoms with Gasteiger partial charge in [-0.2, -0.15) is 0 Å². The Labute approximate surface area is 128 Å². The number of hydrogen-bond donors (Lipinski definition) is 2. The van der Waals surface area contributed by atoms with Gasteiger partial charge in [-0.3, -0.25) is 4.98 Å². The molecule has 3 rings (SSSR count). The van der Waals surface area contributed by atoms with Crippen LogP contribution in [0.1, 0.15) is 16.8 Å². The molecule has 1 unspecified atom stereocenters. The molecule has 22 heavy (non-hydrogen) atoms. The van der Waals surface area contributed by atoms with Crippen LogP contribution in [-0.2, 0) is 4.74 Å². The second-order valence-electron chi connectivity index (χ2n) is 5.72. The van der Waals surface area contributed by atoms with Crippen molar-refractivity contribution in [1.29, 1.82) is 0 Å². The van der Waals surface area contributed by atoms with Crippen LogP contribution in [0.25, 0.3) is 10.9 Å². The number of fused-ring (bicyclic) bond motifs is 1. The van der Waals surface area contributed by atoms with Gasteiger partial charge in [0.1, 0.15) is 5.60 Å². The molecule has 116 valence electrons. The van der Waals surface area contributed by atoms with Crippen LogP contribution in [0.5, 0.6) is 0 Å². The van der Waals surface area contributed by atoms with Crippen molar-refractivity contribution in [3.63, 3.8) is 0 Å². The minimum atomic E-state index is -0.977. The average Bonchev–Trinajstić information content (AvgIpc) is 2.92. The van der Waals surface area contributed by atoms with E-state index in [0.717, 1.165) is 5.69 Å². The Hall–Kier alpha value is -2.18. The number of nitrogens with zero attached hydrogens (tertiary/aromatic N) is 2. The number of hydrogen-bond acceptors (Lipinski definition) is 5. The molecule has 2 N–H and O–H groups in total. The van der Waals surface area contributed by atoms with E-state index in [4.69, 9.17) is 4.74 Å². The van der Waals surface area contributed by atoms with Crippen molar-refractivity contribution < 1.29 is 19.7 Å². The van der Waals surface area contributed by atoms with Gasteiger partial charge < -0.3 is 19.8 Å². The number of pyridine rings is 1. The highest BCUT2D eigenvalue weighted by Gasteiger charge is 2.34. The van der Waals surface area contributed by atoms with Gasteiger partial charge in [0.05, 0.1) is 23.4 Å². The smallest absolute Gasteiger partial charge is 0.336 e. The summed E-state index contributed by atoms with van der Waals surface area (Å²) in [5.41, 5.74) is 0.762. The van der Waals surface area contributed by atoms with Crippen LogP contribution in [0, 0.1) is 0 Å². The fourth-order valence-corrected chi connectivity index (χ4v) is 2.90. The molecule has 6 heteroatoms. The van der Waals surface area contributed by atoms with Crippen LogP contribution in [0.2, 0.25) is 0 Å². The Balaban J connectivity index is 2.00. The molecule has 1 fully saturated rings. The lowest BCUT2D eigenvalue weighted by molar-refractivity contribution is 0.0337. The van der Waals surface area contributed by atoms with E-state index < -0.39 is 11.6 Å². The largest absolute Gasteiger partial charge is 0.478 e. The van der Waals surface area contributed by atoms with E-state index in [1.54, 1.807) is 30.5 Å². The van der Waals surface area contributed by atoms with Gasteiger partial charge >= 0.3 is 5.97 Å². The van der Waals surface area contributed by atoms with Crippen molar-refractivity contribution in [2.45, 2.75) is 12.0 Å². The molecular weight excluding hydrogens is 284 g/mol. The quantitative estimate of drug-likeness (QED) is 0.891. The monoisotopic (exact) mass is 302 g/mol. The van der Waals surface area contributed by atoms with Gasteiger partial charge in [-0.15, -0.1) is 0 Å². The van der Waals surface area contributed by atoms with E-state index in [1.807, 2.05) is 11.9 Å². The maximum atomic E-state index is 11.3. The molecular formula is C16H18N2O4. The summed E-state index contributed by atoms with van der Waals surface area (Å²) in [6.07, 6.45) is 2.23. The Morgan fingerprint density at radius 1 is 1.45 bits per heavy atom. The number of likely N-dealkylation sites (N-methyl/N-ethyl adjacent to an activating group) is 1. The predicted molar refractivity (Wildman–Crippen MR) is 82.4 cm³/mol. The number of anilines is 1. The number of carbonyl (C=O) groups is 1. The molecule has 0 spiro atoms. The second-order valence-corrected chi connectivity index (χ2v) is 5.72. The predicted octanol–water partition coefficient (Wildman–Crippen LogP) is 1.52. The molecule has 0 amide bonds. The fraction of sp³-hybridized carbons (Fsp3) is 0.375. The van der Waals surface area contributed by atoms with Gasteiger partial charge in [-0.1, -0.05) is 6.07 Å². The number of aromatic carboxylic acids is 1. The van der Waals surface area contributed by atoms with Crippen molar-refractivity contribution in [2.75, 3.05) is 31.7 Å². The number of benzene rings is 1. The molecule has 2 heterocycles. The Morgan fingerprint density at radius 2 is 2.27 bits per heavy atom. The first-order valence-electron chi connectivity index (χ1n) is 7.12. The molecule has 0 bridgehead atoms. The van der Waals surface area contributed by atoms with Crippen LogP contribution in [0.15, 0.2) is 30.5 Å². The summed E-state index contributed by atoms with van der Waals surface area (Å²) < 4.78 is 5.26. The van der Waals surface area contributed by atoms with Crippen LogP contribution in [0.3, 0.4) is 0 Å². The fourth-order valence-electron chi connectivity index (χ4n) is 2.90. The summed E-state index contributed by atoms with van der Waals surface area (Å²) in [7, 11) is 1.86. The third kappa shape index (κ3) is 2.63. The first-order valence-corrected chi connectivity index (χ1v) is 7.12. The molecule has 1 aliphatic rings. The zero-order valence-corrected chi connectivity index (χ0v) is 12.3. The molecule has 1 aromatic heterocycles. The lowest BCUT2D eigenvalue weighted by atomic mass is 10.0. The van der Waals surface area contributed by atoms with Gasteiger partial charge in [0.15, 0.2) is 0 Å². The molecule has 1 atom stereocenters. The van der Waals surface area contributed by atoms with E-state index >= 15 is 0 Å². The maximum absolute atomic E-state index is 11.3. The molecule has 6 nitrogen and oxygen atoms in total. The lowest BCUT2D eigenvalue weighted by Crippen LogP contribution is -2.42. The highest BCUT2D eigenvalue weighted by Crippen LogP contribution is 2.29. The van der Waals surface area contributed by atoms with Crippen LogP contribution < -0.4 is 4.90 Å². The molecule has 1 aromatic carbocycles. The minimum absolute atomic E-state index is 0.225. The topological polar surface area (TPSA) is 82.9 Å². The Morgan fingerprint density at radius 3 is 2.95 bits per heavy atom. The highest BCUT2D eigenvalue weighted by atomic mass is 16.5. The molecule has 0 radical (unpaired) electrons. The second kappa shape index (κ2) is 5.55. The van der Waals surface area contributed by atoms with Crippen molar-refractivity contribution in [3.05, 3.63) is 36.0 Å². The summed E-state index contributed by atoms with van der Waals surface area (Å²) in [6, 6.07) is 6.78. The van der Waals surface area contributed by atoms with Crippen molar-refractivity contribution in [2.24, 2.45) is 0 Å². The third-order valence-electron chi connectivity index (χ3n) is 4.00. The first-order chi connectivity index (χ1) is 10.5. The number of aliphatic hydroxyl groups is 1. The summed E-state index contributed by atoms with van der Waals surface area (Å²) in [4.78, 5) is 17.6. The van der Waals surface area contributed by atoms with E-state index in [9.17, 15) is 15.0 Å². The van der Waals surface area contributed by atoms with Gasteiger partial charge in [-0.25, -0.2) is 4.79 Å². The molecule has 2 aromatic rings. The maximum Gasteiger partial charge on any atom is 0.336 e. The zero-order valence-electron chi connectivity index (χ0n) is 12.3. The van der Waals surface area contributed by atoms with Crippen molar-refractivity contribution >= 4 is 22.6 Å². The highest BCUT2D eigenvalue weighted by molar-refractivity contribution is 6.06. The number of rotatable bonds is 4. The van der Waals surface area contributed by atoms with E-state index in [1.165, 1.54) is 0 Å². The van der Waals surface area contributed by atoms with Gasteiger partial charge in [0.25, 0.3) is 0 Å². The van der Waals surface area contributed by atoms with E-state index in [-0.39, 0.29) is 5.56 Å². The number of ether oxygens (including phenoxy) is 1. The lowest BCUT2D eigenvalue weighted by Gasteiger charge is -2.29. The molecule has 1 saturated heterocycles. The first kappa shape index (κ1) is 14.7. The number of carboxylic acids is 1. The van der Waals surface area contributed by atoms with Gasteiger partial charge in [-0.05, 0) is 18.2 Å². The van der Waals surface area contributed by atoms with Gasteiger partial charge in [0.2, 0.25) is 0 Å². The van der Waals surface area contributed by atoms with Crippen LogP contribution >= 0.6 is 0 Å². The molecule has 0 saturated carbocycles. The number of aromatic nitrogens is 1. The summed E-state index contributed by atoms with van der Waals surface area (Å²) >= 11 is 0. The Kier molecular flexibility index (Phi) is 3.72. The Bertz CT molecular complexity index is 710. The van der Waals surface area contributed by atoms with Crippen LogP contribution in [0.4, 0.5) is 5.69 Å². The van der Waals surface area contributed by atoms with Crippen LogP contribution in [-0.4, -0.2) is 53.6 Å². The minimum Gasteiger partial charge on any atom is -0.478 e. The van der Waals surface area contributed by atoms with Gasteiger partial charge in [0, 0.05) is 38.2 Å². The third-order valence-corrected chi connectivity index (χ3v) is 4.00. The van der Waals surface area contributed by atoms with E-state index in [0.29, 0.717) is 37.1 Å². The zero-order chi connectivity index (χ0) is 15.7. The molecule has 0 aliphatic carbocycles. The van der Waals surface area contributed by atoms with Crippen molar-refractivity contribution in [3.8, 4) is 0 Å². The van der Waals surface area contributed by atoms with E-state index in [2.05, 4.69) is 4.98 Å².